The van der Waals surface area contributed by atoms with Crippen LogP contribution in [0.15, 0.2) is 47.4 Å². The molecule has 7 heteroatoms. The van der Waals surface area contributed by atoms with Gasteiger partial charge < -0.3 is 4.74 Å². The highest BCUT2D eigenvalue weighted by atomic mass is 32.2. The lowest BCUT2D eigenvalue weighted by molar-refractivity contribution is 0.413. The summed E-state index contributed by atoms with van der Waals surface area (Å²) < 4.78 is 57.8. The number of ether oxygens (including phenoxy) is 1. The maximum Gasteiger partial charge on any atom is 0.262 e. The highest BCUT2D eigenvalue weighted by Gasteiger charge is 2.19. The molecule has 106 valence electrons. The van der Waals surface area contributed by atoms with E-state index in [1.165, 1.54) is 25.3 Å². The van der Waals surface area contributed by atoms with Gasteiger partial charge in [-0.2, -0.15) is 0 Å². The Kier molecular flexibility index (Phi) is 3.89. The van der Waals surface area contributed by atoms with Crippen molar-refractivity contribution in [3.8, 4) is 5.75 Å². The lowest BCUT2D eigenvalue weighted by Crippen LogP contribution is -2.15. The number of methoxy groups -OCH3 is 1. The van der Waals surface area contributed by atoms with Crippen molar-refractivity contribution in [1.82, 2.24) is 0 Å². The van der Waals surface area contributed by atoms with Crippen LogP contribution in [0.4, 0.5) is 14.5 Å². The molecule has 0 radical (unpaired) electrons. The van der Waals surface area contributed by atoms with Gasteiger partial charge in [0.25, 0.3) is 10.0 Å². The van der Waals surface area contributed by atoms with Crippen molar-refractivity contribution in [2.75, 3.05) is 11.8 Å². The molecule has 0 aromatic heterocycles. The van der Waals surface area contributed by atoms with Crippen LogP contribution in [0.5, 0.6) is 5.75 Å². The molecule has 0 saturated heterocycles. The Morgan fingerprint density at radius 3 is 2.25 bits per heavy atom. The summed E-state index contributed by atoms with van der Waals surface area (Å²) in [6.45, 7) is 0. The minimum Gasteiger partial charge on any atom is -0.497 e. The van der Waals surface area contributed by atoms with E-state index in [1.54, 1.807) is 6.07 Å². The van der Waals surface area contributed by atoms with Gasteiger partial charge in [-0.05, 0) is 24.3 Å². The van der Waals surface area contributed by atoms with Crippen molar-refractivity contribution < 1.29 is 21.9 Å². The van der Waals surface area contributed by atoms with Crippen molar-refractivity contribution in [2.45, 2.75) is 4.90 Å². The fraction of sp³-hybridized carbons (Fsp3) is 0.0769. The maximum atomic E-state index is 13.5. The van der Waals surface area contributed by atoms with Crippen molar-refractivity contribution in [3.63, 3.8) is 0 Å². The summed E-state index contributed by atoms with van der Waals surface area (Å²) in [6.07, 6.45) is 0. The fourth-order valence-corrected chi connectivity index (χ4v) is 2.67. The molecule has 0 fully saturated rings. The molecule has 2 aromatic carbocycles. The van der Waals surface area contributed by atoms with Gasteiger partial charge in [0.2, 0.25) is 0 Å². The van der Waals surface area contributed by atoms with E-state index in [2.05, 4.69) is 0 Å². The van der Waals surface area contributed by atoms with Crippen LogP contribution in [0, 0.1) is 11.6 Å². The number of benzene rings is 2. The summed E-state index contributed by atoms with van der Waals surface area (Å²) in [7, 11) is -2.72. The van der Waals surface area contributed by atoms with Gasteiger partial charge in [-0.1, -0.05) is 12.1 Å². The number of sulfonamides is 1. The van der Waals surface area contributed by atoms with E-state index in [4.69, 9.17) is 4.74 Å². The highest BCUT2D eigenvalue weighted by molar-refractivity contribution is 7.92. The van der Waals surface area contributed by atoms with E-state index in [-0.39, 0.29) is 4.90 Å². The van der Waals surface area contributed by atoms with E-state index in [1.807, 2.05) is 4.72 Å². The van der Waals surface area contributed by atoms with Gasteiger partial charge >= 0.3 is 0 Å². The van der Waals surface area contributed by atoms with Gasteiger partial charge in [0.05, 0.1) is 12.0 Å². The van der Waals surface area contributed by atoms with Crippen LogP contribution in [0.3, 0.4) is 0 Å². The second kappa shape index (κ2) is 5.46. The lowest BCUT2D eigenvalue weighted by Gasteiger charge is -2.10. The highest BCUT2D eigenvalue weighted by Crippen LogP contribution is 2.24. The Bertz CT molecular complexity index is 712. The summed E-state index contributed by atoms with van der Waals surface area (Å²) >= 11 is 0. The SMILES string of the molecule is COc1cccc(S(=O)(=O)Nc2c(F)cccc2F)c1. The zero-order valence-corrected chi connectivity index (χ0v) is 11.2. The largest absolute Gasteiger partial charge is 0.497 e. The molecular weight excluding hydrogens is 288 g/mol. The van der Waals surface area contributed by atoms with Crippen LogP contribution in [0.2, 0.25) is 0 Å². The van der Waals surface area contributed by atoms with Crippen molar-refractivity contribution in [3.05, 3.63) is 54.1 Å². The van der Waals surface area contributed by atoms with Crippen LogP contribution in [0.25, 0.3) is 0 Å². The molecule has 0 saturated carbocycles. The van der Waals surface area contributed by atoms with Crippen LogP contribution >= 0.6 is 0 Å². The number of hydrogen-bond donors (Lipinski definition) is 1. The molecular formula is C13H11F2NO3S. The minimum absolute atomic E-state index is 0.153. The molecule has 0 unspecified atom stereocenters. The zero-order valence-electron chi connectivity index (χ0n) is 10.4. The van der Waals surface area contributed by atoms with Gasteiger partial charge in [-0.25, -0.2) is 17.2 Å². The molecule has 0 atom stereocenters. The molecule has 20 heavy (non-hydrogen) atoms. The van der Waals surface area contributed by atoms with Gasteiger partial charge in [-0.3, -0.25) is 4.72 Å². The molecule has 2 rings (SSSR count). The minimum atomic E-state index is -4.10. The second-order valence-electron chi connectivity index (χ2n) is 3.88. The van der Waals surface area contributed by atoms with Crippen LogP contribution in [-0.4, -0.2) is 15.5 Å². The molecule has 4 nitrogen and oxygen atoms in total. The van der Waals surface area contributed by atoms with Gasteiger partial charge in [0, 0.05) is 6.07 Å². The topological polar surface area (TPSA) is 55.4 Å². The summed E-state index contributed by atoms with van der Waals surface area (Å²) in [5, 5.41) is 0. The van der Waals surface area contributed by atoms with Crippen LogP contribution in [0.1, 0.15) is 0 Å². The van der Waals surface area contributed by atoms with Crippen molar-refractivity contribution >= 4 is 15.7 Å². The first-order valence-corrected chi connectivity index (χ1v) is 7.03. The van der Waals surface area contributed by atoms with E-state index in [9.17, 15) is 17.2 Å². The molecule has 0 aliphatic rings. The van der Waals surface area contributed by atoms with Crippen LogP contribution < -0.4 is 9.46 Å². The molecule has 1 N–H and O–H groups in total. The summed E-state index contributed by atoms with van der Waals surface area (Å²) in [6, 6.07) is 8.64. The monoisotopic (exact) mass is 299 g/mol. The predicted octanol–water partition coefficient (Wildman–Crippen LogP) is 2.77. The third-order valence-corrected chi connectivity index (χ3v) is 3.90. The Morgan fingerprint density at radius 1 is 1.05 bits per heavy atom. The Labute approximate surface area is 115 Å². The quantitative estimate of drug-likeness (QED) is 0.944. The standard InChI is InChI=1S/C13H11F2NO3S/c1-19-9-4-2-5-10(8-9)20(17,18)16-13-11(14)6-3-7-12(13)15/h2-8,16H,1H3. The summed E-state index contributed by atoms with van der Waals surface area (Å²) in [4.78, 5) is -0.153. The van der Waals surface area contributed by atoms with E-state index < -0.39 is 27.3 Å². The van der Waals surface area contributed by atoms with Crippen LogP contribution in [-0.2, 0) is 10.0 Å². The van der Waals surface area contributed by atoms with Crippen molar-refractivity contribution in [2.24, 2.45) is 0 Å². The number of hydrogen-bond acceptors (Lipinski definition) is 3. The van der Waals surface area contributed by atoms with E-state index >= 15 is 0 Å². The summed E-state index contributed by atoms with van der Waals surface area (Å²) in [5.74, 6) is -1.66. The number of rotatable bonds is 4. The molecule has 0 bridgehead atoms. The Morgan fingerprint density at radius 2 is 1.65 bits per heavy atom. The third kappa shape index (κ3) is 2.88. The average molecular weight is 299 g/mol. The first-order valence-electron chi connectivity index (χ1n) is 5.55. The molecule has 0 amide bonds. The molecule has 0 aliphatic carbocycles. The molecule has 0 heterocycles. The zero-order chi connectivity index (χ0) is 14.8. The third-order valence-electron chi connectivity index (χ3n) is 2.55. The van der Waals surface area contributed by atoms with Crippen molar-refractivity contribution in [1.29, 1.82) is 0 Å². The maximum absolute atomic E-state index is 13.5. The lowest BCUT2D eigenvalue weighted by atomic mass is 10.3. The van der Waals surface area contributed by atoms with Gasteiger partial charge in [0.1, 0.15) is 23.1 Å². The molecule has 2 aromatic rings. The van der Waals surface area contributed by atoms with Gasteiger partial charge in [0.15, 0.2) is 0 Å². The van der Waals surface area contributed by atoms with E-state index in [0.717, 1.165) is 18.2 Å². The Balaban J connectivity index is 2.41. The number of halogens is 2. The average Bonchev–Trinajstić information content (AvgIpc) is 2.43. The Hall–Kier alpha value is -2.15. The summed E-state index contributed by atoms with van der Waals surface area (Å²) in [5.41, 5.74) is -0.713. The smallest absolute Gasteiger partial charge is 0.262 e. The molecule has 0 aliphatic heterocycles. The van der Waals surface area contributed by atoms with E-state index in [0.29, 0.717) is 5.75 Å². The second-order valence-corrected chi connectivity index (χ2v) is 5.56. The molecule has 0 spiro atoms. The first-order chi connectivity index (χ1) is 9.44. The first kappa shape index (κ1) is 14.3. The fourth-order valence-electron chi connectivity index (χ4n) is 1.56. The number of anilines is 1. The predicted molar refractivity (Wildman–Crippen MR) is 70.2 cm³/mol. The van der Waals surface area contributed by atoms with Gasteiger partial charge in [-0.15, -0.1) is 0 Å². The number of nitrogens with one attached hydrogen (secondary N) is 1. The normalized spacial score (nSPS) is 11.2. The number of para-hydroxylation sites is 1.